The number of aliphatic carboxylic acids is 1. The molecule has 2 atom stereocenters. The van der Waals surface area contributed by atoms with Crippen molar-refractivity contribution in [2.75, 3.05) is 6.54 Å². The number of hydrogen-bond donors (Lipinski definition) is 1. The minimum atomic E-state index is -1.04. The molecule has 0 saturated carbocycles. The number of likely N-dealkylation sites (tertiary alicyclic amines) is 1. The van der Waals surface area contributed by atoms with Crippen LogP contribution in [-0.4, -0.2) is 46.4 Å². The Morgan fingerprint density at radius 2 is 1.88 bits per heavy atom. The summed E-state index contributed by atoms with van der Waals surface area (Å²) in [6.45, 7) is 7.88. The molecule has 132 valence electrons. The fourth-order valence-corrected chi connectivity index (χ4v) is 2.57. The van der Waals surface area contributed by atoms with Gasteiger partial charge in [0.05, 0.1) is 19.3 Å². The lowest BCUT2D eigenvalue weighted by atomic mass is 10.1. The molecule has 2 rings (SSSR count). The SMILES string of the molecule is Cc1ccc(CO[C@H]2C[C@@H](C(=O)O)N(C(=O)OC(C)(C)C)C2)cc1. The quantitative estimate of drug-likeness (QED) is 0.915. The van der Waals surface area contributed by atoms with Crippen molar-refractivity contribution in [3.05, 3.63) is 35.4 Å². The molecule has 1 aliphatic rings. The highest BCUT2D eigenvalue weighted by Gasteiger charge is 2.42. The van der Waals surface area contributed by atoms with Gasteiger partial charge in [0.25, 0.3) is 0 Å². The van der Waals surface area contributed by atoms with E-state index in [1.54, 1.807) is 20.8 Å². The average molecular weight is 335 g/mol. The van der Waals surface area contributed by atoms with Gasteiger partial charge in [-0.2, -0.15) is 0 Å². The third-order valence-corrected chi connectivity index (χ3v) is 3.78. The monoisotopic (exact) mass is 335 g/mol. The van der Waals surface area contributed by atoms with E-state index in [1.807, 2.05) is 31.2 Å². The van der Waals surface area contributed by atoms with E-state index in [1.165, 1.54) is 10.5 Å². The van der Waals surface area contributed by atoms with Gasteiger partial charge >= 0.3 is 12.1 Å². The summed E-state index contributed by atoms with van der Waals surface area (Å²) in [5.41, 5.74) is 1.52. The molecule has 6 nitrogen and oxygen atoms in total. The summed E-state index contributed by atoms with van der Waals surface area (Å²) < 4.78 is 11.1. The highest BCUT2D eigenvalue weighted by atomic mass is 16.6. The summed E-state index contributed by atoms with van der Waals surface area (Å²) in [5, 5.41) is 9.36. The zero-order chi connectivity index (χ0) is 17.9. The van der Waals surface area contributed by atoms with Crippen LogP contribution in [0.15, 0.2) is 24.3 Å². The molecule has 1 fully saturated rings. The molecule has 0 bridgehead atoms. The number of nitrogens with zero attached hydrogens (tertiary/aromatic N) is 1. The second kappa shape index (κ2) is 7.21. The minimum Gasteiger partial charge on any atom is -0.480 e. The second-order valence-corrected chi connectivity index (χ2v) is 7.14. The smallest absolute Gasteiger partial charge is 0.411 e. The molecule has 1 heterocycles. The number of benzene rings is 1. The highest BCUT2D eigenvalue weighted by Crippen LogP contribution is 2.24. The molecule has 1 aliphatic heterocycles. The molecular formula is C18H25NO5. The topological polar surface area (TPSA) is 76.1 Å². The summed E-state index contributed by atoms with van der Waals surface area (Å²) in [6, 6.07) is 7.04. The van der Waals surface area contributed by atoms with E-state index in [2.05, 4.69) is 0 Å². The predicted octanol–water partition coefficient (Wildman–Crippen LogP) is 2.97. The Morgan fingerprint density at radius 3 is 2.42 bits per heavy atom. The average Bonchev–Trinajstić information content (AvgIpc) is 2.89. The first-order valence-electron chi connectivity index (χ1n) is 8.05. The molecule has 0 unspecified atom stereocenters. The summed E-state index contributed by atoms with van der Waals surface area (Å²) in [7, 11) is 0. The van der Waals surface area contributed by atoms with E-state index in [9.17, 15) is 14.7 Å². The van der Waals surface area contributed by atoms with Crippen LogP contribution in [-0.2, 0) is 20.9 Å². The molecule has 0 radical (unpaired) electrons. The van der Waals surface area contributed by atoms with Crippen LogP contribution in [0.4, 0.5) is 4.79 Å². The van der Waals surface area contributed by atoms with Crippen LogP contribution in [0.5, 0.6) is 0 Å². The number of aryl methyl sites for hydroxylation is 1. The van der Waals surface area contributed by atoms with Crippen molar-refractivity contribution >= 4 is 12.1 Å². The lowest BCUT2D eigenvalue weighted by Gasteiger charge is -2.26. The van der Waals surface area contributed by atoms with Gasteiger partial charge in [-0.25, -0.2) is 9.59 Å². The summed E-state index contributed by atoms with van der Waals surface area (Å²) in [6.07, 6.45) is -0.670. The Kier molecular flexibility index (Phi) is 5.49. The zero-order valence-electron chi connectivity index (χ0n) is 14.6. The van der Waals surface area contributed by atoms with Crippen molar-refractivity contribution in [1.29, 1.82) is 0 Å². The normalized spacial score (nSPS) is 20.9. The molecule has 24 heavy (non-hydrogen) atoms. The van der Waals surface area contributed by atoms with E-state index < -0.39 is 23.7 Å². The van der Waals surface area contributed by atoms with Gasteiger partial charge in [0.1, 0.15) is 11.6 Å². The summed E-state index contributed by atoms with van der Waals surface area (Å²) in [4.78, 5) is 24.9. The van der Waals surface area contributed by atoms with Crippen molar-refractivity contribution in [2.45, 2.75) is 58.5 Å². The van der Waals surface area contributed by atoms with Gasteiger partial charge < -0.3 is 14.6 Å². The van der Waals surface area contributed by atoms with Gasteiger partial charge in [-0.05, 0) is 33.3 Å². The fourth-order valence-electron chi connectivity index (χ4n) is 2.57. The molecule has 1 saturated heterocycles. The number of carboxylic acid groups (broad SMARTS) is 1. The number of amides is 1. The van der Waals surface area contributed by atoms with Crippen molar-refractivity contribution in [3.63, 3.8) is 0 Å². The predicted molar refractivity (Wildman–Crippen MR) is 88.7 cm³/mol. The molecule has 6 heteroatoms. The van der Waals surface area contributed by atoms with Gasteiger partial charge in [-0.1, -0.05) is 29.8 Å². The van der Waals surface area contributed by atoms with Crippen LogP contribution in [0.3, 0.4) is 0 Å². The van der Waals surface area contributed by atoms with Crippen LogP contribution in [0.1, 0.15) is 38.3 Å². The van der Waals surface area contributed by atoms with E-state index in [4.69, 9.17) is 9.47 Å². The molecule has 0 spiro atoms. The maximum absolute atomic E-state index is 12.2. The maximum Gasteiger partial charge on any atom is 0.411 e. The van der Waals surface area contributed by atoms with Gasteiger partial charge in [0.15, 0.2) is 0 Å². The lowest BCUT2D eigenvalue weighted by molar-refractivity contribution is -0.142. The standard InChI is InChI=1S/C18H25NO5/c1-12-5-7-13(8-6-12)11-23-14-9-15(16(20)21)19(10-14)17(22)24-18(2,3)4/h5-8,14-15H,9-11H2,1-4H3,(H,20,21)/t14-,15-/m0/s1. The van der Waals surface area contributed by atoms with Crippen LogP contribution in [0.2, 0.25) is 0 Å². The number of hydrogen-bond acceptors (Lipinski definition) is 4. The van der Waals surface area contributed by atoms with Crippen molar-refractivity contribution in [2.24, 2.45) is 0 Å². The molecule has 1 N–H and O–H groups in total. The van der Waals surface area contributed by atoms with Crippen LogP contribution >= 0.6 is 0 Å². The third kappa shape index (κ3) is 4.96. The van der Waals surface area contributed by atoms with Gasteiger partial charge in [0, 0.05) is 6.42 Å². The Labute approximate surface area is 142 Å². The molecule has 0 aliphatic carbocycles. The Hall–Kier alpha value is -2.08. The van der Waals surface area contributed by atoms with Crippen LogP contribution in [0, 0.1) is 6.92 Å². The number of carboxylic acids is 1. The first-order chi connectivity index (χ1) is 11.2. The van der Waals surface area contributed by atoms with E-state index in [-0.39, 0.29) is 19.1 Å². The lowest BCUT2D eigenvalue weighted by Crippen LogP contribution is -2.43. The van der Waals surface area contributed by atoms with Gasteiger partial charge in [-0.3, -0.25) is 4.90 Å². The first-order valence-corrected chi connectivity index (χ1v) is 8.05. The molecular weight excluding hydrogens is 310 g/mol. The molecule has 0 aromatic heterocycles. The number of carbonyl (C=O) groups is 2. The maximum atomic E-state index is 12.2. The first kappa shape index (κ1) is 18.3. The van der Waals surface area contributed by atoms with E-state index in [0.29, 0.717) is 6.61 Å². The third-order valence-electron chi connectivity index (χ3n) is 3.78. The largest absolute Gasteiger partial charge is 0.480 e. The van der Waals surface area contributed by atoms with E-state index in [0.717, 1.165) is 5.56 Å². The van der Waals surface area contributed by atoms with E-state index >= 15 is 0 Å². The minimum absolute atomic E-state index is 0.220. The summed E-state index contributed by atoms with van der Waals surface area (Å²) >= 11 is 0. The van der Waals surface area contributed by atoms with Gasteiger partial charge in [-0.15, -0.1) is 0 Å². The number of ether oxygens (including phenoxy) is 2. The second-order valence-electron chi connectivity index (χ2n) is 7.14. The molecule has 1 amide bonds. The fraction of sp³-hybridized carbons (Fsp3) is 0.556. The number of carbonyl (C=O) groups excluding carboxylic acids is 1. The Bertz CT molecular complexity index is 590. The van der Waals surface area contributed by atoms with Gasteiger partial charge in [0.2, 0.25) is 0 Å². The number of rotatable bonds is 4. The van der Waals surface area contributed by atoms with Crippen molar-refractivity contribution in [1.82, 2.24) is 4.90 Å². The Balaban J connectivity index is 1.97. The molecule has 1 aromatic rings. The highest BCUT2D eigenvalue weighted by molar-refractivity contribution is 5.81. The molecule has 1 aromatic carbocycles. The van der Waals surface area contributed by atoms with Crippen molar-refractivity contribution in [3.8, 4) is 0 Å². The zero-order valence-corrected chi connectivity index (χ0v) is 14.6. The van der Waals surface area contributed by atoms with Crippen LogP contribution < -0.4 is 0 Å². The summed E-state index contributed by atoms with van der Waals surface area (Å²) in [5.74, 6) is -1.04. The Morgan fingerprint density at radius 1 is 1.25 bits per heavy atom. The van der Waals surface area contributed by atoms with Crippen molar-refractivity contribution < 1.29 is 24.2 Å². The van der Waals surface area contributed by atoms with Crippen LogP contribution in [0.25, 0.3) is 0 Å².